The zero-order valence-corrected chi connectivity index (χ0v) is 13.3. The van der Waals surface area contributed by atoms with Crippen molar-refractivity contribution in [1.29, 1.82) is 0 Å². The smallest absolute Gasteiger partial charge is 0.240 e. The third kappa shape index (κ3) is 3.40. The third-order valence-electron chi connectivity index (χ3n) is 3.01. The third-order valence-corrected chi connectivity index (χ3v) is 3.96. The lowest BCUT2D eigenvalue weighted by atomic mass is 10.3. The van der Waals surface area contributed by atoms with E-state index in [-0.39, 0.29) is 12.5 Å². The second kappa shape index (κ2) is 6.68. The average Bonchev–Trinajstić information content (AvgIpc) is 2.84. The lowest BCUT2D eigenvalue weighted by Crippen LogP contribution is -2.37. The summed E-state index contributed by atoms with van der Waals surface area (Å²) >= 11 is 1.58. The molecule has 2 aromatic rings. The molecule has 0 atom stereocenters. The van der Waals surface area contributed by atoms with Crippen molar-refractivity contribution in [2.24, 2.45) is 5.84 Å². The maximum atomic E-state index is 11.8. The molecule has 0 spiro atoms. The lowest BCUT2D eigenvalue weighted by molar-refractivity contribution is -0.119. The van der Waals surface area contributed by atoms with Crippen LogP contribution < -0.4 is 21.5 Å². The van der Waals surface area contributed by atoms with Crippen LogP contribution in [0.25, 0.3) is 10.2 Å². The Balaban J connectivity index is 2.43. The minimum atomic E-state index is -0.0275. The van der Waals surface area contributed by atoms with Gasteiger partial charge in [0, 0.05) is 18.0 Å². The first-order valence-electron chi connectivity index (χ1n) is 6.85. The number of nitrogens with zero attached hydrogens (tertiary/aromatic N) is 3. The number of anilines is 2. The summed E-state index contributed by atoms with van der Waals surface area (Å²) in [5.74, 6) is 6.49. The normalized spacial score (nSPS) is 10.7. The Hall–Kier alpha value is -1.93. The molecule has 4 N–H and O–H groups in total. The quantitative estimate of drug-likeness (QED) is 0.549. The van der Waals surface area contributed by atoms with Gasteiger partial charge >= 0.3 is 0 Å². The Bertz CT molecular complexity index is 641. The number of hydrogen-bond donors (Lipinski definition) is 3. The number of nitrogens with one attached hydrogen (secondary N) is 2. The minimum absolute atomic E-state index is 0.0275. The highest BCUT2D eigenvalue weighted by atomic mass is 32.1. The van der Waals surface area contributed by atoms with Crippen LogP contribution in [-0.2, 0) is 4.79 Å². The number of fused-ring (bicyclic) bond motifs is 1. The number of nitrogen functional groups attached to an aromatic ring is 1. The van der Waals surface area contributed by atoms with Crippen molar-refractivity contribution in [2.75, 3.05) is 30.0 Å². The number of aromatic nitrogens is 2. The van der Waals surface area contributed by atoms with E-state index in [1.165, 1.54) is 0 Å². The van der Waals surface area contributed by atoms with Crippen LogP contribution in [0.1, 0.15) is 18.7 Å². The summed E-state index contributed by atoms with van der Waals surface area (Å²) in [5, 5.41) is 3.75. The van der Waals surface area contributed by atoms with Crippen LogP contribution in [0.2, 0.25) is 0 Å². The highest BCUT2D eigenvalue weighted by molar-refractivity contribution is 7.18. The zero-order valence-electron chi connectivity index (χ0n) is 12.4. The molecular weight excluding hydrogens is 288 g/mol. The van der Waals surface area contributed by atoms with E-state index in [1.54, 1.807) is 11.3 Å². The number of amides is 1. The number of carbonyl (C=O) groups excluding carboxylic acids is 1. The molecule has 1 amide bonds. The van der Waals surface area contributed by atoms with E-state index in [0.717, 1.165) is 20.9 Å². The summed E-state index contributed by atoms with van der Waals surface area (Å²) in [6.07, 6.45) is 0. The summed E-state index contributed by atoms with van der Waals surface area (Å²) in [5.41, 5.74) is 2.48. The highest BCUT2D eigenvalue weighted by Gasteiger charge is 2.17. The number of thiophene rings is 1. The van der Waals surface area contributed by atoms with Crippen LogP contribution in [0.5, 0.6) is 0 Å². The number of likely N-dealkylation sites (N-methyl/N-ethyl adjacent to an activating group) is 2. The number of hydrazine groups is 1. The molecule has 21 heavy (non-hydrogen) atoms. The van der Waals surface area contributed by atoms with Gasteiger partial charge in [-0.15, -0.1) is 11.3 Å². The molecule has 0 saturated carbocycles. The van der Waals surface area contributed by atoms with Gasteiger partial charge in [-0.05, 0) is 26.8 Å². The predicted octanol–water partition coefficient (Wildman–Crippen LogP) is 1.25. The van der Waals surface area contributed by atoms with Gasteiger partial charge in [0.2, 0.25) is 11.9 Å². The van der Waals surface area contributed by atoms with Gasteiger partial charge in [0.15, 0.2) is 0 Å². The molecule has 0 unspecified atom stereocenters. The molecule has 0 saturated heterocycles. The second-order valence-electron chi connectivity index (χ2n) is 4.56. The fraction of sp³-hybridized carbons (Fsp3) is 0.462. The Kier molecular flexibility index (Phi) is 4.92. The molecule has 7 nitrogen and oxygen atoms in total. The summed E-state index contributed by atoms with van der Waals surface area (Å²) in [6.45, 7) is 7.45. The second-order valence-corrected chi connectivity index (χ2v) is 5.79. The molecule has 0 aliphatic rings. The van der Waals surface area contributed by atoms with Crippen LogP contribution in [0, 0.1) is 6.92 Å². The Labute approximate surface area is 127 Å². The first-order chi connectivity index (χ1) is 10.1. The van der Waals surface area contributed by atoms with Gasteiger partial charge in [-0.2, -0.15) is 4.98 Å². The predicted molar refractivity (Wildman–Crippen MR) is 86.5 cm³/mol. The van der Waals surface area contributed by atoms with Gasteiger partial charge in [-0.1, -0.05) is 0 Å². The van der Waals surface area contributed by atoms with Crippen molar-refractivity contribution in [1.82, 2.24) is 15.3 Å². The highest BCUT2D eigenvalue weighted by Crippen LogP contribution is 2.31. The molecule has 0 aliphatic carbocycles. The van der Waals surface area contributed by atoms with Crippen LogP contribution >= 0.6 is 11.3 Å². The largest absolute Gasteiger partial charge is 0.355 e. The fourth-order valence-corrected chi connectivity index (χ4v) is 2.97. The van der Waals surface area contributed by atoms with E-state index in [4.69, 9.17) is 5.84 Å². The van der Waals surface area contributed by atoms with E-state index < -0.39 is 0 Å². The summed E-state index contributed by atoms with van der Waals surface area (Å²) < 4.78 is 0. The van der Waals surface area contributed by atoms with Crippen LogP contribution in [0.15, 0.2) is 6.07 Å². The number of rotatable bonds is 6. The minimum Gasteiger partial charge on any atom is -0.355 e. The fourth-order valence-electron chi connectivity index (χ4n) is 2.10. The Morgan fingerprint density at radius 1 is 1.43 bits per heavy atom. The van der Waals surface area contributed by atoms with E-state index in [0.29, 0.717) is 19.0 Å². The van der Waals surface area contributed by atoms with Gasteiger partial charge in [0.1, 0.15) is 10.6 Å². The molecule has 0 radical (unpaired) electrons. The van der Waals surface area contributed by atoms with E-state index in [9.17, 15) is 4.79 Å². The number of nitrogens with two attached hydrogens (primary N) is 1. The maximum absolute atomic E-state index is 11.8. The standard InChI is InChI=1S/C13H20N6OS/c1-4-15-10(20)7-19(5-2)11-9-6-8(3)21-12(9)17-13(16-11)18-14/h6H,4-5,7,14H2,1-3H3,(H,15,20)(H,16,17,18). The summed E-state index contributed by atoms with van der Waals surface area (Å²) in [7, 11) is 0. The zero-order chi connectivity index (χ0) is 15.4. The summed E-state index contributed by atoms with van der Waals surface area (Å²) in [6, 6.07) is 2.04. The molecule has 0 bridgehead atoms. The van der Waals surface area contributed by atoms with Gasteiger partial charge in [-0.3, -0.25) is 10.2 Å². The van der Waals surface area contributed by atoms with E-state index in [2.05, 4.69) is 20.7 Å². The van der Waals surface area contributed by atoms with Crippen molar-refractivity contribution >= 4 is 39.2 Å². The number of aryl methyl sites for hydroxylation is 1. The number of carbonyl (C=O) groups is 1. The maximum Gasteiger partial charge on any atom is 0.240 e. The molecule has 2 aromatic heterocycles. The van der Waals surface area contributed by atoms with Crippen LogP contribution in [0.3, 0.4) is 0 Å². The topological polar surface area (TPSA) is 96.2 Å². The number of hydrogen-bond acceptors (Lipinski definition) is 7. The van der Waals surface area contributed by atoms with Gasteiger partial charge < -0.3 is 10.2 Å². The molecule has 0 aromatic carbocycles. The van der Waals surface area contributed by atoms with Crippen molar-refractivity contribution in [3.8, 4) is 0 Å². The van der Waals surface area contributed by atoms with Gasteiger partial charge in [0.05, 0.1) is 11.9 Å². The monoisotopic (exact) mass is 308 g/mol. The first kappa shape index (κ1) is 15.5. The Morgan fingerprint density at radius 2 is 2.19 bits per heavy atom. The van der Waals surface area contributed by atoms with E-state index in [1.807, 2.05) is 31.7 Å². The lowest BCUT2D eigenvalue weighted by Gasteiger charge is -2.22. The molecular formula is C13H20N6OS. The van der Waals surface area contributed by atoms with E-state index >= 15 is 0 Å². The van der Waals surface area contributed by atoms with Gasteiger partial charge in [0.25, 0.3) is 0 Å². The van der Waals surface area contributed by atoms with Crippen molar-refractivity contribution in [3.05, 3.63) is 10.9 Å². The van der Waals surface area contributed by atoms with Gasteiger partial charge in [-0.25, -0.2) is 10.8 Å². The van der Waals surface area contributed by atoms with Crippen molar-refractivity contribution in [3.63, 3.8) is 0 Å². The van der Waals surface area contributed by atoms with Crippen molar-refractivity contribution in [2.45, 2.75) is 20.8 Å². The first-order valence-corrected chi connectivity index (χ1v) is 7.67. The molecule has 2 heterocycles. The molecule has 114 valence electrons. The molecule has 2 rings (SSSR count). The van der Waals surface area contributed by atoms with Crippen LogP contribution in [0.4, 0.5) is 11.8 Å². The SMILES string of the molecule is CCNC(=O)CN(CC)c1nc(NN)nc2sc(C)cc12. The molecule has 0 fully saturated rings. The summed E-state index contributed by atoms with van der Waals surface area (Å²) in [4.78, 5) is 24.5. The molecule has 8 heteroatoms. The van der Waals surface area contributed by atoms with Crippen molar-refractivity contribution < 1.29 is 4.79 Å². The molecule has 0 aliphatic heterocycles. The Morgan fingerprint density at radius 3 is 2.81 bits per heavy atom. The van der Waals surface area contributed by atoms with Crippen LogP contribution in [-0.4, -0.2) is 35.5 Å². The average molecular weight is 308 g/mol.